The van der Waals surface area contributed by atoms with Crippen LogP contribution in [0.1, 0.15) is 46.0 Å². The third-order valence-electron chi connectivity index (χ3n) is 4.68. The number of hydrogen-bond donors (Lipinski definition) is 1. The summed E-state index contributed by atoms with van der Waals surface area (Å²) in [4.78, 5) is 30.8. The molecule has 0 radical (unpaired) electrons. The van der Waals surface area contributed by atoms with Gasteiger partial charge in [0.1, 0.15) is 5.82 Å². The molecule has 26 heavy (non-hydrogen) atoms. The lowest BCUT2D eigenvalue weighted by Crippen LogP contribution is -2.38. The van der Waals surface area contributed by atoms with Crippen LogP contribution in [-0.2, 0) is 6.54 Å². The van der Waals surface area contributed by atoms with Gasteiger partial charge in [-0.2, -0.15) is 0 Å². The van der Waals surface area contributed by atoms with Gasteiger partial charge in [-0.3, -0.25) is 14.6 Å². The Kier molecular flexibility index (Phi) is 5.61. The van der Waals surface area contributed by atoms with Gasteiger partial charge in [0.05, 0.1) is 11.1 Å². The summed E-state index contributed by atoms with van der Waals surface area (Å²) in [6.07, 6.45) is 4.93. The summed E-state index contributed by atoms with van der Waals surface area (Å²) >= 11 is 0. The van der Waals surface area contributed by atoms with E-state index >= 15 is 0 Å². The minimum Gasteiger partial charge on any atom is -0.348 e. The van der Waals surface area contributed by atoms with E-state index in [9.17, 15) is 14.0 Å². The molecule has 2 aromatic rings. The Morgan fingerprint density at radius 1 is 1.15 bits per heavy atom. The molecule has 0 unspecified atom stereocenters. The van der Waals surface area contributed by atoms with E-state index in [0.29, 0.717) is 17.0 Å². The van der Waals surface area contributed by atoms with Gasteiger partial charge in [-0.25, -0.2) is 4.39 Å². The van der Waals surface area contributed by atoms with Crippen LogP contribution in [0.3, 0.4) is 0 Å². The molecule has 2 heterocycles. The molecule has 0 spiro atoms. The maximum Gasteiger partial charge on any atom is 0.255 e. The number of carbonyl (C=O) groups excluding carboxylic acids is 2. The number of nitrogens with one attached hydrogen (secondary N) is 1. The third-order valence-corrected chi connectivity index (χ3v) is 4.68. The monoisotopic (exact) mass is 355 g/mol. The second-order valence-corrected chi connectivity index (χ2v) is 6.75. The van der Waals surface area contributed by atoms with E-state index in [-0.39, 0.29) is 24.2 Å². The van der Waals surface area contributed by atoms with Crippen molar-refractivity contribution in [3.05, 3.63) is 65.2 Å². The molecule has 0 bridgehead atoms. The van der Waals surface area contributed by atoms with Gasteiger partial charge in [-0.1, -0.05) is 19.1 Å². The molecule has 136 valence electrons. The minimum atomic E-state index is -0.317. The van der Waals surface area contributed by atoms with E-state index in [1.165, 1.54) is 24.5 Å². The molecular weight excluding hydrogens is 333 g/mol. The Hall–Kier alpha value is -2.76. The summed E-state index contributed by atoms with van der Waals surface area (Å²) in [6, 6.07) is 7.51. The van der Waals surface area contributed by atoms with E-state index < -0.39 is 0 Å². The number of carbonyl (C=O) groups is 2. The summed E-state index contributed by atoms with van der Waals surface area (Å²) in [7, 11) is 0. The largest absolute Gasteiger partial charge is 0.348 e. The summed E-state index contributed by atoms with van der Waals surface area (Å²) in [5.74, 6) is -0.0790. The lowest BCUT2D eigenvalue weighted by atomic mass is 9.98. The maximum absolute atomic E-state index is 12.9. The van der Waals surface area contributed by atoms with Crippen molar-refractivity contribution in [1.29, 1.82) is 0 Å². The Labute approximate surface area is 152 Å². The van der Waals surface area contributed by atoms with E-state index in [2.05, 4.69) is 17.2 Å². The molecule has 0 atom stereocenters. The fourth-order valence-corrected chi connectivity index (χ4v) is 2.96. The van der Waals surface area contributed by atoms with Crippen LogP contribution in [-0.4, -0.2) is 34.8 Å². The van der Waals surface area contributed by atoms with Gasteiger partial charge in [-0.05, 0) is 42.5 Å². The maximum atomic E-state index is 12.9. The number of hydrogen-bond acceptors (Lipinski definition) is 3. The minimum absolute atomic E-state index is 0.0856. The van der Waals surface area contributed by atoms with Crippen molar-refractivity contribution in [2.75, 3.05) is 13.1 Å². The number of rotatable bonds is 4. The number of amides is 2. The molecule has 1 fully saturated rings. The molecular formula is C20H22FN3O2. The van der Waals surface area contributed by atoms with Crippen LogP contribution in [0.15, 0.2) is 42.7 Å². The zero-order valence-corrected chi connectivity index (χ0v) is 14.7. The molecule has 3 rings (SSSR count). The Morgan fingerprint density at radius 3 is 2.50 bits per heavy atom. The third kappa shape index (κ3) is 4.45. The van der Waals surface area contributed by atoms with Gasteiger partial charge >= 0.3 is 0 Å². The highest BCUT2D eigenvalue weighted by molar-refractivity contribution is 5.99. The summed E-state index contributed by atoms with van der Waals surface area (Å²) < 4.78 is 12.9. The number of nitrogens with zero attached hydrogens (tertiary/aromatic N) is 2. The Bertz CT molecular complexity index is 784. The molecule has 0 aliphatic carbocycles. The number of aromatic nitrogens is 1. The molecule has 0 saturated carbocycles. The molecule has 1 aliphatic heterocycles. The molecule has 5 nitrogen and oxygen atoms in total. The predicted molar refractivity (Wildman–Crippen MR) is 96.1 cm³/mol. The fourth-order valence-electron chi connectivity index (χ4n) is 2.96. The first-order valence-electron chi connectivity index (χ1n) is 8.80. The number of halogens is 1. The molecule has 1 aromatic heterocycles. The smallest absolute Gasteiger partial charge is 0.255 e. The van der Waals surface area contributed by atoms with Crippen LogP contribution < -0.4 is 5.32 Å². The van der Waals surface area contributed by atoms with Gasteiger partial charge in [0.2, 0.25) is 0 Å². The zero-order chi connectivity index (χ0) is 18.5. The van der Waals surface area contributed by atoms with Crippen molar-refractivity contribution in [1.82, 2.24) is 15.2 Å². The summed E-state index contributed by atoms with van der Waals surface area (Å²) in [5.41, 5.74) is 1.56. The molecule has 6 heteroatoms. The normalized spacial score (nSPS) is 14.9. The summed E-state index contributed by atoms with van der Waals surface area (Å²) in [5, 5.41) is 2.76. The predicted octanol–water partition coefficient (Wildman–Crippen LogP) is 3.02. The van der Waals surface area contributed by atoms with Gasteiger partial charge in [0.25, 0.3) is 11.8 Å². The Morgan fingerprint density at radius 2 is 1.81 bits per heavy atom. The highest BCUT2D eigenvalue weighted by Crippen LogP contribution is 2.18. The van der Waals surface area contributed by atoms with E-state index in [0.717, 1.165) is 31.5 Å². The van der Waals surface area contributed by atoms with Crippen molar-refractivity contribution in [2.24, 2.45) is 5.92 Å². The molecule has 1 N–H and O–H groups in total. The lowest BCUT2D eigenvalue weighted by molar-refractivity contribution is 0.0697. The van der Waals surface area contributed by atoms with E-state index in [4.69, 9.17) is 0 Å². The van der Waals surface area contributed by atoms with Gasteiger partial charge in [0.15, 0.2) is 0 Å². The van der Waals surface area contributed by atoms with Gasteiger partial charge < -0.3 is 10.2 Å². The first-order valence-corrected chi connectivity index (χ1v) is 8.80. The lowest BCUT2D eigenvalue weighted by Gasteiger charge is -2.30. The van der Waals surface area contributed by atoms with Crippen molar-refractivity contribution in [3.8, 4) is 0 Å². The van der Waals surface area contributed by atoms with Crippen molar-refractivity contribution in [3.63, 3.8) is 0 Å². The topological polar surface area (TPSA) is 62.3 Å². The average molecular weight is 355 g/mol. The van der Waals surface area contributed by atoms with Crippen LogP contribution in [0, 0.1) is 11.7 Å². The van der Waals surface area contributed by atoms with Crippen molar-refractivity contribution >= 4 is 11.8 Å². The zero-order valence-electron chi connectivity index (χ0n) is 14.7. The van der Waals surface area contributed by atoms with E-state index in [1.807, 2.05) is 4.90 Å². The molecule has 2 amide bonds. The first kappa shape index (κ1) is 18.0. The fraction of sp³-hybridized carbons (Fsp3) is 0.350. The first-order chi connectivity index (χ1) is 12.5. The highest BCUT2D eigenvalue weighted by atomic mass is 19.1. The van der Waals surface area contributed by atoms with Crippen LogP contribution in [0.4, 0.5) is 4.39 Å². The van der Waals surface area contributed by atoms with Crippen LogP contribution in [0.25, 0.3) is 0 Å². The molecule has 1 aromatic carbocycles. The number of likely N-dealkylation sites (tertiary alicyclic amines) is 1. The van der Waals surface area contributed by atoms with Crippen molar-refractivity contribution in [2.45, 2.75) is 26.3 Å². The standard InChI is InChI=1S/C20H22FN3O2/c1-14-6-8-24(9-7-14)20(26)17-10-16(12-22-13-17)19(25)23-11-15-2-4-18(21)5-3-15/h2-5,10,12-14H,6-9,11H2,1H3,(H,23,25). The van der Waals surface area contributed by atoms with Gasteiger partial charge in [0, 0.05) is 32.0 Å². The van der Waals surface area contributed by atoms with E-state index in [1.54, 1.807) is 18.2 Å². The van der Waals surface area contributed by atoms with Crippen molar-refractivity contribution < 1.29 is 14.0 Å². The van der Waals surface area contributed by atoms with Gasteiger partial charge in [-0.15, -0.1) is 0 Å². The SMILES string of the molecule is CC1CCN(C(=O)c2cncc(C(=O)NCc3ccc(F)cc3)c2)CC1. The number of pyridine rings is 1. The highest BCUT2D eigenvalue weighted by Gasteiger charge is 2.22. The second kappa shape index (κ2) is 8.08. The number of benzene rings is 1. The second-order valence-electron chi connectivity index (χ2n) is 6.75. The number of piperidine rings is 1. The summed E-state index contributed by atoms with van der Waals surface area (Å²) in [6.45, 7) is 3.94. The quantitative estimate of drug-likeness (QED) is 0.917. The average Bonchev–Trinajstić information content (AvgIpc) is 2.67. The van der Waals surface area contributed by atoms with Crippen LogP contribution in [0.2, 0.25) is 0 Å². The molecule has 1 aliphatic rings. The van der Waals surface area contributed by atoms with Crippen LogP contribution >= 0.6 is 0 Å². The van der Waals surface area contributed by atoms with Crippen LogP contribution in [0.5, 0.6) is 0 Å². The molecule has 1 saturated heterocycles. The Balaban J connectivity index is 1.63.